The van der Waals surface area contributed by atoms with Crippen LogP contribution in [0.3, 0.4) is 0 Å². The molecule has 16 heavy (non-hydrogen) atoms. The largest absolute Gasteiger partial charge is 0.324 e. The number of nitrogens with two attached hydrogens (primary N) is 1. The van der Waals surface area contributed by atoms with Gasteiger partial charge < -0.3 is 5.73 Å². The number of aryl methyl sites for hydroxylation is 2. The van der Waals surface area contributed by atoms with Crippen molar-refractivity contribution in [3.63, 3.8) is 0 Å². The average molecular weight is 215 g/mol. The summed E-state index contributed by atoms with van der Waals surface area (Å²) >= 11 is 0. The van der Waals surface area contributed by atoms with Crippen molar-refractivity contribution in [3.05, 3.63) is 53.9 Å². The van der Waals surface area contributed by atoms with Crippen molar-refractivity contribution in [1.29, 1.82) is 0 Å². The van der Waals surface area contributed by atoms with Crippen molar-refractivity contribution in [1.82, 2.24) is 9.78 Å². The van der Waals surface area contributed by atoms with Crippen molar-refractivity contribution in [2.24, 2.45) is 5.73 Å². The summed E-state index contributed by atoms with van der Waals surface area (Å²) in [5.74, 6) is 0. The number of nitrogens with zero attached hydrogens (tertiary/aromatic N) is 2. The Bertz CT molecular complexity index is 431. The van der Waals surface area contributed by atoms with Gasteiger partial charge in [-0.1, -0.05) is 30.3 Å². The molecule has 2 N–H and O–H groups in total. The molecule has 3 heteroatoms. The Morgan fingerprint density at radius 2 is 2.06 bits per heavy atom. The van der Waals surface area contributed by atoms with Crippen molar-refractivity contribution in [2.45, 2.75) is 25.9 Å². The topological polar surface area (TPSA) is 43.8 Å². The molecule has 0 fully saturated rings. The molecule has 0 aliphatic rings. The molecule has 2 aromatic rings. The maximum Gasteiger partial charge on any atom is 0.0537 e. The lowest BCUT2D eigenvalue weighted by Gasteiger charge is -2.02. The molecule has 1 heterocycles. The van der Waals surface area contributed by atoms with E-state index in [-0.39, 0.29) is 6.04 Å². The lowest BCUT2D eigenvalue weighted by atomic mass is 10.1. The maximum atomic E-state index is 5.78. The summed E-state index contributed by atoms with van der Waals surface area (Å²) in [6.07, 6.45) is 4.87. The highest BCUT2D eigenvalue weighted by molar-refractivity contribution is 5.15. The zero-order chi connectivity index (χ0) is 11.4. The molecule has 1 aromatic heterocycles. The quantitative estimate of drug-likeness (QED) is 0.849. The molecular weight excluding hydrogens is 198 g/mol. The van der Waals surface area contributed by atoms with E-state index < -0.39 is 0 Å². The summed E-state index contributed by atoms with van der Waals surface area (Å²) in [4.78, 5) is 0. The molecule has 0 unspecified atom stereocenters. The van der Waals surface area contributed by atoms with Crippen LogP contribution < -0.4 is 5.73 Å². The molecule has 1 atom stereocenters. The highest BCUT2D eigenvalue weighted by atomic mass is 15.3. The Balaban J connectivity index is 1.95. The first kappa shape index (κ1) is 10.9. The molecule has 3 nitrogen and oxygen atoms in total. The van der Waals surface area contributed by atoms with Crippen LogP contribution in [0.2, 0.25) is 0 Å². The number of benzene rings is 1. The summed E-state index contributed by atoms with van der Waals surface area (Å²) in [5, 5.41) is 4.29. The van der Waals surface area contributed by atoms with Gasteiger partial charge in [-0.2, -0.15) is 5.10 Å². The van der Waals surface area contributed by atoms with Crippen LogP contribution in [0, 0.1) is 0 Å². The van der Waals surface area contributed by atoms with Gasteiger partial charge in [0.25, 0.3) is 0 Å². The first-order chi connectivity index (χ1) is 7.75. The summed E-state index contributed by atoms with van der Waals surface area (Å²) in [6, 6.07) is 10.5. The fourth-order valence-electron chi connectivity index (χ4n) is 1.63. The third-order valence-electron chi connectivity index (χ3n) is 2.65. The second-order valence-electron chi connectivity index (χ2n) is 4.06. The zero-order valence-electron chi connectivity index (χ0n) is 9.50. The van der Waals surface area contributed by atoms with E-state index in [1.165, 1.54) is 5.56 Å². The second-order valence-corrected chi connectivity index (χ2v) is 4.06. The number of hydrogen-bond acceptors (Lipinski definition) is 2. The number of hydrogen-bond donors (Lipinski definition) is 1. The normalized spacial score (nSPS) is 12.6. The lowest BCUT2D eigenvalue weighted by molar-refractivity contribution is 0.613. The van der Waals surface area contributed by atoms with E-state index in [9.17, 15) is 0 Å². The van der Waals surface area contributed by atoms with Gasteiger partial charge in [0.2, 0.25) is 0 Å². The smallest absolute Gasteiger partial charge is 0.0537 e. The predicted molar refractivity (Wildman–Crippen MR) is 65.0 cm³/mol. The average Bonchev–Trinajstić information content (AvgIpc) is 2.76. The maximum absolute atomic E-state index is 5.78. The highest BCUT2D eigenvalue weighted by Crippen LogP contribution is 2.08. The molecule has 0 aliphatic carbocycles. The molecule has 0 saturated heterocycles. The third kappa shape index (κ3) is 2.70. The van der Waals surface area contributed by atoms with Crippen LogP contribution in [0.5, 0.6) is 0 Å². The Kier molecular flexibility index (Phi) is 3.37. The first-order valence-electron chi connectivity index (χ1n) is 5.57. The third-order valence-corrected chi connectivity index (χ3v) is 2.65. The highest BCUT2D eigenvalue weighted by Gasteiger charge is 2.02. The van der Waals surface area contributed by atoms with Crippen LogP contribution in [-0.4, -0.2) is 9.78 Å². The van der Waals surface area contributed by atoms with Gasteiger partial charge >= 0.3 is 0 Å². The SMILES string of the molecule is C[C@@H](N)c1cnn(CCc2ccccc2)c1. The van der Waals surface area contributed by atoms with E-state index in [1.807, 2.05) is 30.1 Å². The van der Waals surface area contributed by atoms with Gasteiger partial charge in [0.15, 0.2) is 0 Å². The van der Waals surface area contributed by atoms with E-state index >= 15 is 0 Å². The molecular formula is C13H17N3. The number of aromatic nitrogens is 2. The molecule has 0 bridgehead atoms. The second kappa shape index (κ2) is 4.94. The summed E-state index contributed by atoms with van der Waals surface area (Å²) < 4.78 is 1.95. The van der Waals surface area contributed by atoms with Crippen LogP contribution in [0.25, 0.3) is 0 Å². The van der Waals surface area contributed by atoms with E-state index in [1.54, 1.807) is 0 Å². The standard InChI is InChI=1S/C13H17N3/c1-11(14)13-9-15-16(10-13)8-7-12-5-3-2-4-6-12/h2-6,9-11H,7-8,14H2,1H3/t11-/m1/s1. The van der Waals surface area contributed by atoms with Crippen molar-refractivity contribution in [3.8, 4) is 0 Å². The van der Waals surface area contributed by atoms with E-state index in [2.05, 4.69) is 29.4 Å². The van der Waals surface area contributed by atoms with Crippen LogP contribution in [0.1, 0.15) is 24.1 Å². The summed E-state index contributed by atoms with van der Waals surface area (Å²) in [6.45, 7) is 2.87. The fourth-order valence-corrected chi connectivity index (χ4v) is 1.63. The Morgan fingerprint density at radius 3 is 2.69 bits per heavy atom. The molecule has 0 saturated carbocycles. The molecule has 84 valence electrons. The Hall–Kier alpha value is -1.61. The molecule has 0 aliphatic heterocycles. The van der Waals surface area contributed by atoms with Gasteiger partial charge in [-0.05, 0) is 18.9 Å². The lowest BCUT2D eigenvalue weighted by Crippen LogP contribution is -2.04. The summed E-state index contributed by atoms with van der Waals surface area (Å²) in [7, 11) is 0. The van der Waals surface area contributed by atoms with Crippen LogP contribution in [0.15, 0.2) is 42.7 Å². The predicted octanol–water partition coefficient (Wildman–Crippen LogP) is 2.15. The monoisotopic (exact) mass is 215 g/mol. The van der Waals surface area contributed by atoms with E-state index in [0.717, 1.165) is 18.5 Å². The van der Waals surface area contributed by atoms with Crippen LogP contribution in [-0.2, 0) is 13.0 Å². The number of rotatable bonds is 4. The minimum absolute atomic E-state index is 0.0606. The first-order valence-corrected chi connectivity index (χ1v) is 5.57. The summed E-state index contributed by atoms with van der Waals surface area (Å²) in [5.41, 5.74) is 8.21. The van der Waals surface area contributed by atoms with Crippen molar-refractivity contribution in [2.75, 3.05) is 0 Å². The van der Waals surface area contributed by atoms with Gasteiger partial charge in [0.05, 0.1) is 6.20 Å². The van der Waals surface area contributed by atoms with Gasteiger partial charge in [-0.15, -0.1) is 0 Å². The van der Waals surface area contributed by atoms with Crippen LogP contribution in [0.4, 0.5) is 0 Å². The van der Waals surface area contributed by atoms with Gasteiger partial charge in [-0.25, -0.2) is 0 Å². The van der Waals surface area contributed by atoms with E-state index in [0.29, 0.717) is 0 Å². The molecule has 1 aromatic carbocycles. The molecule has 0 spiro atoms. The van der Waals surface area contributed by atoms with Gasteiger partial charge in [-0.3, -0.25) is 4.68 Å². The molecule has 2 rings (SSSR count). The van der Waals surface area contributed by atoms with Crippen LogP contribution >= 0.6 is 0 Å². The minimum atomic E-state index is 0.0606. The van der Waals surface area contributed by atoms with Crippen molar-refractivity contribution >= 4 is 0 Å². The van der Waals surface area contributed by atoms with E-state index in [4.69, 9.17) is 5.73 Å². The van der Waals surface area contributed by atoms with Crippen molar-refractivity contribution < 1.29 is 0 Å². The van der Waals surface area contributed by atoms with Gasteiger partial charge in [0, 0.05) is 24.3 Å². The fraction of sp³-hybridized carbons (Fsp3) is 0.308. The minimum Gasteiger partial charge on any atom is -0.324 e. The Morgan fingerprint density at radius 1 is 1.31 bits per heavy atom. The van der Waals surface area contributed by atoms with Gasteiger partial charge in [0.1, 0.15) is 0 Å². The Labute approximate surface area is 95.9 Å². The molecule has 0 amide bonds. The molecule has 0 radical (unpaired) electrons. The zero-order valence-corrected chi connectivity index (χ0v) is 9.50.